The first-order valence-corrected chi connectivity index (χ1v) is 10.0. The van der Waals surface area contributed by atoms with E-state index in [4.69, 9.17) is 25.8 Å². The van der Waals surface area contributed by atoms with Gasteiger partial charge in [-0.15, -0.1) is 17.3 Å². The highest BCUT2D eigenvalue weighted by atomic mass is 79.9. The summed E-state index contributed by atoms with van der Waals surface area (Å²) in [5, 5.41) is 10.4. The van der Waals surface area contributed by atoms with Crippen molar-refractivity contribution >= 4 is 43.5 Å². The van der Waals surface area contributed by atoms with Gasteiger partial charge in [-0.3, -0.25) is 0 Å². The first-order valence-electron chi connectivity index (χ1n) is 7.77. The Hall–Kier alpha value is 0.610. The van der Waals surface area contributed by atoms with Crippen molar-refractivity contribution in [1.29, 1.82) is 0 Å². The first-order chi connectivity index (χ1) is 11.0. The number of halogens is 3. The smallest absolute Gasteiger partial charge is 0.106 e. The number of fused-ring (bicyclic) bond motifs is 2. The van der Waals surface area contributed by atoms with Gasteiger partial charge in [0, 0.05) is 23.3 Å². The maximum atomic E-state index is 10.6. The molecule has 0 aliphatic carbocycles. The molecule has 23 heavy (non-hydrogen) atoms. The Labute approximate surface area is 159 Å². The maximum Gasteiger partial charge on any atom is 0.106 e. The molecule has 7 heteroatoms. The number of aliphatic hydroxyl groups excluding tert-OH is 1. The van der Waals surface area contributed by atoms with Gasteiger partial charge >= 0.3 is 0 Å². The van der Waals surface area contributed by atoms with E-state index in [-0.39, 0.29) is 40.7 Å². The Morgan fingerprint density at radius 2 is 2.00 bits per heavy atom. The fraction of sp³-hybridized carbons (Fsp3) is 0.812. The van der Waals surface area contributed by atoms with E-state index in [9.17, 15) is 5.11 Å². The number of rotatable bonds is 2. The lowest BCUT2D eigenvalue weighted by atomic mass is 9.93. The van der Waals surface area contributed by atoms with Gasteiger partial charge in [0.2, 0.25) is 0 Å². The lowest BCUT2D eigenvalue weighted by Crippen LogP contribution is -2.51. The van der Waals surface area contributed by atoms with E-state index in [1.165, 1.54) is 0 Å². The van der Waals surface area contributed by atoms with E-state index in [1.807, 2.05) is 13.0 Å². The maximum absolute atomic E-state index is 10.6. The molecular formula is C16H23Br2ClO4. The Bertz CT molecular complexity index is 444. The van der Waals surface area contributed by atoms with Gasteiger partial charge in [0.05, 0.1) is 35.9 Å². The van der Waals surface area contributed by atoms with E-state index in [0.717, 1.165) is 0 Å². The predicted molar refractivity (Wildman–Crippen MR) is 97.6 cm³/mol. The number of ether oxygens (including phenoxy) is 3. The minimum Gasteiger partial charge on any atom is -0.388 e. The summed E-state index contributed by atoms with van der Waals surface area (Å²) in [6.45, 7) is 1.86. The second-order valence-corrected chi connectivity index (χ2v) is 8.23. The molecule has 2 fully saturated rings. The summed E-state index contributed by atoms with van der Waals surface area (Å²) in [7, 11) is 1.69. The second-order valence-electron chi connectivity index (χ2n) is 6.04. The van der Waals surface area contributed by atoms with Crippen LogP contribution in [0.1, 0.15) is 26.2 Å². The average molecular weight is 475 g/mol. The molecule has 0 amide bonds. The van der Waals surface area contributed by atoms with Crippen molar-refractivity contribution in [3.8, 4) is 0 Å². The van der Waals surface area contributed by atoms with E-state index in [0.29, 0.717) is 19.3 Å². The van der Waals surface area contributed by atoms with Crippen molar-refractivity contribution in [2.75, 3.05) is 7.11 Å². The molecule has 4 nitrogen and oxygen atoms in total. The van der Waals surface area contributed by atoms with E-state index in [2.05, 4.69) is 37.6 Å². The van der Waals surface area contributed by atoms with E-state index >= 15 is 0 Å². The molecule has 2 aliphatic heterocycles. The van der Waals surface area contributed by atoms with Crippen LogP contribution in [0.15, 0.2) is 16.8 Å². The van der Waals surface area contributed by atoms with Gasteiger partial charge in [0.25, 0.3) is 0 Å². The number of hydrogen-bond acceptors (Lipinski definition) is 4. The molecule has 2 bridgehead atoms. The third kappa shape index (κ3) is 5.29. The molecule has 0 aromatic rings. The van der Waals surface area contributed by atoms with Gasteiger partial charge in [-0.05, 0) is 25.8 Å². The van der Waals surface area contributed by atoms with Crippen LogP contribution in [-0.2, 0) is 14.2 Å². The molecule has 0 aromatic heterocycles. The van der Waals surface area contributed by atoms with Gasteiger partial charge in [-0.1, -0.05) is 31.9 Å². The summed E-state index contributed by atoms with van der Waals surface area (Å²) in [5.74, 6) is 0. The van der Waals surface area contributed by atoms with Crippen LogP contribution >= 0.6 is 43.5 Å². The predicted octanol–water partition coefficient (Wildman–Crippen LogP) is 3.52. The Morgan fingerprint density at radius 3 is 2.65 bits per heavy atom. The molecule has 0 aromatic carbocycles. The molecule has 8 unspecified atom stereocenters. The Kier molecular flexibility index (Phi) is 8.10. The van der Waals surface area contributed by atoms with Crippen LogP contribution in [0.25, 0.3) is 0 Å². The average Bonchev–Trinajstić information content (AvgIpc) is 2.52. The van der Waals surface area contributed by atoms with Crippen molar-refractivity contribution in [3.05, 3.63) is 16.8 Å². The zero-order valence-electron chi connectivity index (χ0n) is 13.2. The van der Waals surface area contributed by atoms with Crippen LogP contribution < -0.4 is 0 Å². The van der Waals surface area contributed by atoms with Gasteiger partial charge in [-0.25, -0.2) is 0 Å². The topological polar surface area (TPSA) is 47.9 Å². The normalized spacial score (nSPS) is 45.0. The summed E-state index contributed by atoms with van der Waals surface area (Å²) in [5.41, 5.74) is 2.97. The lowest BCUT2D eigenvalue weighted by Gasteiger charge is -2.42. The monoisotopic (exact) mass is 472 g/mol. The van der Waals surface area contributed by atoms with Gasteiger partial charge in [0.15, 0.2) is 0 Å². The van der Waals surface area contributed by atoms with Crippen LogP contribution in [0.2, 0.25) is 0 Å². The fourth-order valence-corrected chi connectivity index (χ4v) is 4.41. The first kappa shape index (κ1) is 19.9. The minimum absolute atomic E-state index is 0.00863. The van der Waals surface area contributed by atoms with Crippen molar-refractivity contribution in [2.24, 2.45) is 0 Å². The molecule has 0 radical (unpaired) electrons. The number of hydrogen-bond donors (Lipinski definition) is 1. The Balaban J connectivity index is 2.26. The second kappa shape index (κ2) is 9.35. The van der Waals surface area contributed by atoms with Crippen LogP contribution in [-0.4, -0.2) is 59.0 Å². The molecule has 2 rings (SSSR count). The molecule has 0 saturated carbocycles. The molecule has 2 saturated heterocycles. The summed E-state index contributed by atoms with van der Waals surface area (Å²) in [4.78, 5) is 1.72. The number of alkyl halides is 2. The van der Waals surface area contributed by atoms with Crippen LogP contribution in [0.3, 0.4) is 0 Å². The third-order valence-electron chi connectivity index (χ3n) is 4.44. The molecule has 2 aliphatic rings. The summed E-state index contributed by atoms with van der Waals surface area (Å²) < 4.78 is 17.7. The van der Waals surface area contributed by atoms with Gasteiger partial charge in [0.1, 0.15) is 6.10 Å². The van der Waals surface area contributed by atoms with E-state index in [1.54, 1.807) is 12.1 Å². The summed E-state index contributed by atoms with van der Waals surface area (Å²) in [6, 6.07) is 0. The molecule has 132 valence electrons. The molecule has 1 N–H and O–H groups in total. The van der Waals surface area contributed by atoms with Crippen molar-refractivity contribution in [3.63, 3.8) is 0 Å². The highest BCUT2D eigenvalue weighted by Gasteiger charge is 2.41. The number of methoxy groups -OCH3 is 1. The zero-order chi connectivity index (χ0) is 17.0. The standard InChI is InChI=1S/C16H23Br2ClO4/c1-9-16(20)15-7-11(18)13(21-2)8-12(19)14(23-15)6-10(22-9)4-3-5-17/h4-5,9-16,20H,6-8H2,1-2H3. The highest BCUT2D eigenvalue weighted by Crippen LogP contribution is 2.34. The van der Waals surface area contributed by atoms with Crippen molar-refractivity contribution in [2.45, 2.75) is 73.0 Å². The van der Waals surface area contributed by atoms with Crippen molar-refractivity contribution < 1.29 is 19.3 Å². The van der Waals surface area contributed by atoms with Crippen LogP contribution in [0.5, 0.6) is 0 Å². The minimum atomic E-state index is -0.721. The SMILES string of the molecule is COC1CC(Cl)C2CC(C=C=CBr)OC(C)C(O)C(CC1Br)O2. The molecule has 0 spiro atoms. The third-order valence-corrected chi connectivity index (χ3v) is 6.12. The van der Waals surface area contributed by atoms with Gasteiger partial charge in [-0.2, -0.15) is 0 Å². The molecular weight excluding hydrogens is 451 g/mol. The summed E-state index contributed by atoms with van der Waals surface area (Å²) in [6.07, 6.45) is 1.96. The lowest BCUT2D eigenvalue weighted by molar-refractivity contribution is -0.176. The molecule has 8 atom stereocenters. The number of aliphatic hydroxyl groups is 1. The molecule has 2 heterocycles. The largest absolute Gasteiger partial charge is 0.388 e. The van der Waals surface area contributed by atoms with Crippen molar-refractivity contribution in [1.82, 2.24) is 0 Å². The summed E-state index contributed by atoms with van der Waals surface area (Å²) >= 11 is 13.4. The fourth-order valence-electron chi connectivity index (χ4n) is 3.12. The van der Waals surface area contributed by atoms with Crippen LogP contribution in [0, 0.1) is 0 Å². The highest BCUT2D eigenvalue weighted by molar-refractivity contribution is 9.11. The quantitative estimate of drug-likeness (QED) is 0.492. The zero-order valence-corrected chi connectivity index (χ0v) is 17.1. The Morgan fingerprint density at radius 1 is 1.26 bits per heavy atom. The van der Waals surface area contributed by atoms with Gasteiger partial charge < -0.3 is 19.3 Å². The van der Waals surface area contributed by atoms with E-state index < -0.39 is 6.10 Å². The van der Waals surface area contributed by atoms with Crippen LogP contribution in [0.4, 0.5) is 0 Å².